The first-order valence-electron chi connectivity index (χ1n) is 6.02. The Labute approximate surface area is 117 Å². The van der Waals surface area contributed by atoms with E-state index in [1.165, 1.54) is 12.1 Å². The number of aliphatic hydroxyl groups is 1. The van der Waals surface area contributed by atoms with Crippen LogP contribution in [0.1, 0.15) is 30.4 Å². The maximum Gasteiger partial charge on any atom is 0.416 e. The van der Waals surface area contributed by atoms with Gasteiger partial charge in [-0.3, -0.25) is 0 Å². The molecule has 6 heteroatoms. The normalized spacial score (nSPS) is 11.2. The van der Waals surface area contributed by atoms with Crippen molar-refractivity contribution in [1.82, 2.24) is 5.32 Å². The molecule has 0 fully saturated rings. The predicted octanol–water partition coefficient (Wildman–Crippen LogP) is 3.38. The van der Waals surface area contributed by atoms with Gasteiger partial charge in [0.15, 0.2) is 0 Å². The van der Waals surface area contributed by atoms with E-state index < -0.39 is 11.7 Å². The molecule has 0 bridgehead atoms. The van der Waals surface area contributed by atoms with E-state index >= 15 is 0 Å². The van der Waals surface area contributed by atoms with Crippen LogP contribution in [0.4, 0.5) is 13.2 Å². The molecule has 19 heavy (non-hydrogen) atoms. The average Bonchev–Trinajstić information content (AvgIpc) is 2.33. The Morgan fingerprint density at radius 3 is 2.37 bits per heavy atom. The van der Waals surface area contributed by atoms with E-state index in [0.29, 0.717) is 6.54 Å². The number of unbranched alkanes of at least 4 members (excludes halogenated alkanes) is 2. The van der Waals surface area contributed by atoms with E-state index in [4.69, 9.17) is 5.11 Å². The number of nitrogens with one attached hydrogen (secondary N) is 1. The minimum atomic E-state index is -4.30. The van der Waals surface area contributed by atoms with Crippen molar-refractivity contribution < 1.29 is 18.3 Å². The quantitative estimate of drug-likeness (QED) is 0.756. The maximum atomic E-state index is 12.7. The first-order valence-corrected chi connectivity index (χ1v) is 6.02. The standard InChI is InChI=1S/C13H18F3NO.ClH/c14-13(15,16)12-7-3-2-6-11(12)10-17-8-4-1-5-9-18;/h2-3,6-7,17-18H,1,4-5,8-10H2;1H. The molecule has 2 nitrogen and oxygen atoms in total. The summed E-state index contributed by atoms with van der Waals surface area (Å²) in [6.07, 6.45) is -1.82. The van der Waals surface area contributed by atoms with Gasteiger partial charge in [0, 0.05) is 13.2 Å². The topological polar surface area (TPSA) is 32.3 Å². The summed E-state index contributed by atoms with van der Waals surface area (Å²) in [6, 6.07) is 5.60. The van der Waals surface area contributed by atoms with Gasteiger partial charge in [-0.05, 0) is 37.4 Å². The van der Waals surface area contributed by atoms with Crippen molar-refractivity contribution in [1.29, 1.82) is 0 Å². The number of hydrogen-bond donors (Lipinski definition) is 2. The van der Waals surface area contributed by atoms with Crippen LogP contribution in [0.15, 0.2) is 24.3 Å². The third-order valence-corrected chi connectivity index (χ3v) is 2.65. The Kier molecular flexibility index (Phi) is 8.80. The van der Waals surface area contributed by atoms with E-state index in [1.807, 2.05) is 0 Å². The zero-order valence-electron chi connectivity index (χ0n) is 10.5. The molecule has 2 N–H and O–H groups in total. The predicted molar refractivity (Wildman–Crippen MR) is 71.3 cm³/mol. The van der Waals surface area contributed by atoms with Crippen LogP contribution in [0.5, 0.6) is 0 Å². The molecule has 1 rings (SSSR count). The Bertz CT molecular complexity index is 358. The van der Waals surface area contributed by atoms with Gasteiger partial charge < -0.3 is 10.4 Å². The van der Waals surface area contributed by atoms with E-state index in [2.05, 4.69) is 5.32 Å². The molecule has 0 saturated heterocycles. The van der Waals surface area contributed by atoms with Crippen molar-refractivity contribution in [2.45, 2.75) is 32.0 Å². The second-order valence-electron chi connectivity index (χ2n) is 4.12. The Hall–Kier alpha value is -0.780. The van der Waals surface area contributed by atoms with Gasteiger partial charge in [0.1, 0.15) is 0 Å². The van der Waals surface area contributed by atoms with Gasteiger partial charge in [-0.1, -0.05) is 18.2 Å². The summed E-state index contributed by atoms with van der Waals surface area (Å²) in [5.74, 6) is 0. The lowest BCUT2D eigenvalue weighted by molar-refractivity contribution is -0.138. The molecule has 0 radical (unpaired) electrons. The van der Waals surface area contributed by atoms with Gasteiger partial charge in [0.25, 0.3) is 0 Å². The van der Waals surface area contributed by atoms with Crippen LogP contribution >= 0.6 is 12.4 Å². The minimum Gasteiger partial charge on any atom is -0.396 e. The highest BCUT2D eigenvalue weighted by Crippen LogP contribution is 2.31. The molecule has 0 aliphatic carbocycles. The van der Waals surface area contributed by atoms with Gasteiger partial charge in [-0.2, -0.15) is 13.2 Å². The van der Waals surface area contributed by atoms with Gasteiger partial charge in [0.2, 0.25) is 0 Å². The van der Waals surface area contributed by atoms with Crippen LogP contribution in [0.3, 0.4) is 0 Å². The second-order valence-corrected chi connectivity index (χ2v) is 4.12. The first kappa shape index (κ1) is 18.2. The highest BCUT2D eigenvalue weighted by Gasteiger charge is 2.32. The van der Waals surface area contributed by atoms with E-state index in [-0.39, 0.29) is 31.1 Å². The van der Waals surface area contributed by atoms with Crippen molar-refractivity contribution in [3.63, 3.8) is 0 Å². The molecule has 0 aromatic heterocycles. The molecular formula is C13H19ClF3NO. The molecule has 110 valence electrons. The minimum absolute atomic E-state index is 0. The van der Waals surface area contributed by atoms with Gasteiger partial charge in [-0.15, -0.1) is 12.4 Å². The van der Waals surface area contributed by atoms with Gasteiger partial charge in [-0.25, -0.2) is 0 Å². The number of halogens is 4. The molecule has 1 aromatic rings. The molecular weight excluding hydrogens is 279 g/mol. The third kappa shape index (κ3) is 6.80. The fourth-order valence-electron chi connectivity index (χ4n) is 1.71. The monoisotopic (exact) mass is 297 g/mol. The number of rotatable bonds is 7. The van der Waals surface area contributed by atoms with Crippen LogP contribution in [0.2, 0.25) is 0 Å². The van der Waals surface area contributed by atoms with Crippen molar-refractivity contribution in [3.05, 3.63) is 35.4 Å². The summed E-state index contributed by atoms with van der Waals surface area (Å²) in [5, 5.41) is 11.6. The zero-order chi connectivity index (χ0) is 13.4. The number of benzene rings is 1. The fraction of sp³-hybridized carbons (Fsp3) is 0.538. The van der Waals surface area contributed by atoms with Crippen molar-refractivity contribution >= 4 is 12.4 Å². The molecule has 0 amide bonds. The average molecular weight is 298 g/mol. The molecule has 0 aliphatic heterocycles. The lowest BCUT2D eigenvalue weighted by atomic mass is 10.1. The van der Waals surface area contributed by atoms with Crippen LogP contribution in [0, 0.1) is 0 Å². The summed E-state index contributed by atoms with van der Waals surface area (Å²) in [4.78, 5) is 0. The lowest BCUT2D eigenvalue weighted by Crippen LogP contribution is -2.18. The molecule has 0 saturated carbocycles. The first-order chi connectivity index (χ1) is 8.55. The SMILES string of the molecule is Cl.OCCCCCNCc1ccccc1C(F)(F)F. The van der Waals surface area contributed by atoms with Gasteiger partial charge in [0.05, 0.1) is 5.56 Å². The van der Waals surface area contributed by atoms with Crippen LogP contribution in [0.25, 0.3) is 0 Å². The largest absolute Gasteiger partial charge is 0.416 e. The highest BCUT2D eigenvalue weighted by atomic mass is 35.5. The summed E-state index contributed by atoms with van der Waals surface area (Å²) < 4.78 is 38.0. The molecule has 1 aromatic carbocycles. The summed E-state index contributed by atoms with van der Waals surface area (Å²) >= 11 is 0. The van der Waals surface area contributed by atoms with E-state index in [9.17, 15) is 13.2 Å². The smallest absolute Gasteiger partial charge is 0.396 e. The Balaban J connectivity index is 0.00000324. The highest BCUT2D eigenvalue weighted by molar-refractivity contribution is 5.85. The summed E-state index contributed by atoms with van der Waals surface area (Å²) in [5.41, 5.74) is -0.306. The summed E-state index contributed by atoms with van der Waals surface area (Å²) in [7, 11) is 0. The molecule has 0 aliphatic rings. The fourth-order valence-corrected chi connectivity index (χ4v) is 1.71. The lowest BCUT2D eigenvalue weighted by Gasteiger charge is -2.13. The van der Waals surface area contributed by atoms with Crippen LogP contribution in [-0.4, -0.2) is 18.3 Å². The maximum absolute atomic E-state index is 12.7. The molecule has 0 heterocycles. The third-order valence-electron chi connectivity index (χ3n) is 2.65. The van der Waals surface area contributed by atoms with Crippen molar-refractivity contribution in [3.8, 4) is 0 Å². The number of hydrogen-bond acceptors (Lipinski definition) is 2. The van der Waals surface area contributed by atoms with E-state index in [0.717, 1.165) is 25.3 Å². The number of alkyl halides is 3. The molecule has 0 atom stereocenters. The zero-order valence-corrected chi connectivity index (χ0v) is 11.4. The molecule has 0 unspecified atom stereocenters. The summed E-state index contributed by atoms with van der Waals surface area (Å²) in [6.45, 7) is 1.04. The number of aliphatic hydroxyl groups excluding tert-OH is 1. The Morgan fingerprint density at radius 1 is 1.05 bits per heavy atom. The Morgan fingerprint density at radius 2 is 1.74 bits per heavy atom. The van der Waals surface area contributed by atoms with Crippen LogP contribution in [-0.2, 0) is 12.7 Å². The van der Waals surface area contributed by atoms with Gasteiger partial charge >= 0.3 is 6.18 Å². The van der Waals surface area contributed by atoms with E-state index in [1.54, 1.807) is 6.07 Å². The van der Waals surface area contributed by atoms with Crippen molar-refractivity contribution in [2.24, 2.45) is 0 Å². The second kappa shape index (κ2) is 9.18. The van der Waals surface area contributed by atoms with Crippen LogP contribution < -0.4 is 5.32 Å². The molecule has 0 spiro atoms. The van der Waals surface area contributed by atoms with Crippen molar-refractivity contribution in [2.75, 3.05) is 13.2 Å².